The fourth-order valence-electron chi connectivity index (χ4n) is 1.82. The van der Waals surface area contributed by atoms with Gasteiger partial charge in [0.15, 0.2) is 11.0 Å². The molecule has 0 spiro atoms. The minimum absolute atomic E-state index is 0.00636. The maximum atomic E-state index is 12.0. The van der Waals surface area contributed by atoms with E-state index >= 15 is 0 Å². The van der Waals surface area contributed by atoms with Crippen LogP contribution in [0.4, 0.5) is 10.8 Å². The molecule has 0 aliphatic carbocycles. The van der Waals surface area contributed by atoms with Gasteiger partial charge in [0.2, 0.25) is 0 Å². The van der Waals surface area contributed by atoms with Crippen molar-refractivity contribution in [3.8, 4) is 0 Å². The van der Waals surface area contributed by atoms with E-state index in [-0.39, 0.29) is 17.4 Å². The SMILES string of the molecule is Cn1ccnc1C(=O)Nc1nc2ccc([N+](=O)[O-])cc2s1. The standard InChI is InChI=1S/C12H9N5O3S/c1-16-5-4-13-10(16)11(18)15-12-14-8-3-2-7(17(19)20)6-9(8)21-12/h2-6H,1H3,(H,14,15,18). The van der Waals surface area contributed by atoms with Gasteiger partial charge in [-0.1, -0.05) is 11.3 Å². The Morgan fingerprint density at radius 1 is 1.48 bits per heavy atom. The van der Waals surface area contributed by atoms with Crippen molar-refractivity contribution in [2.45, 2.75) is 0 Å². The zero-order valence-corrected chi connectivity index (χ0v) is 11.6. The molecule has 0 atom stereocenters. The van der Waals surface area contributed by atoms with E-state index < -0.39 is 4.92 Å². The van der Waals surface area contributed by atoms with E-state index in [2.05, 4.69) is 15.3 Å². The van der Waals surface area contributed by atoms with Crippen LogP contribution in [0, 0.1) is 10.1 Å². The largest absolute Gasteiger partial charge is 0.330 e. The van der Waals surface area contributed by atoms with Crippen LogP contribution in [0.25, 0.3) is 10.2 Å². The number of hydrogen-bond donors (Lipinski definition) is 1. The lowest BCUT2D eigenvalue weighted by Crippen LogP contribution is -2.16. The Bertz CT molecular complexity index is 854. The molecule has 1 N–H and O–H groups in total. The number of nitrogens with one attached hydrogen (secondary N) is 1. The molecule has 2 heterocycles. The predicted molar refractivity (Wildman–Crippen MR) is 77.4 cm³/mol. The molecule has 0 radical (unpaired) electrons. The molecule has 8 nitrogen and oxygen atoms in total. The fourth-order valence-corrected chi connectivity index (χ4v) is 2.71. The van der Waals surface area contributed by atoms with Crippen LogP contribution in [0.5, 0.6) is 0 Å². The first kappa shape index (κ1) is 13.2. The quantitative estimate of drug-likeness (QED) is 0.590. The van der Waals surface area contributed by atoms with Crippen molar-refractivity contribution in [2.75, 3.05) is 5.32 Å². The molecule has 2 aromatic heterocycles. The van der Waals surface area contributed by atoms with Crippen LogP contribution in [0.1, 0.15) is 10.6 Å². The number of nitro benzene ring substituents is 1. The number of non-ortho nitro benzene ring substituents is 1. The van der Waals surface area contributed by atoms with Gasteiger partial charge in [-0.3, -0.25) is 20.2 Å². The summed E-state index contributed by atoms with van der Waals surface area (Å²) >= 11 is 1.18. The smallest absolute Gasteiger partial charge is 0.293 e. The van der Waals surface area contributed by atoms with E-state index in [1.54, 1.807) is 23.9 Å². The highest BCUT2D eigenvalue weighted by Crippen LogP contribution is 2.29. The summed E-state index contributed by atoms with van der Waals surface area (Å²) in [6.07, 6.45) is 3.19. The maximum absolute atomic E-state index is 12.0. The number of nitro groups is 1. The monoisotopic (exact) mass is 303 g/mol. The second-order valence-electron chi connectivity index (χ2n) is 4.24. The average molecular weight is 303 g/mol. The molecule has 0 unspecified atom stereocenters. The van der Waals surface area contributed by atoms with Crippen molar-refractivity contribution in [3.05, 3.63) is 46.5 Å². The molecule has 9 heteroatoms. The molecule has 0 saturated heterocycles. The van der Waals surface area contributed by atoms with E-state index in [0.717, 1.165) is 0 Å². The van der Waals surface area contributed by atoms with E-state index in [9.17, 15) is 14.9 Å². The topological polar surface area (TPSA) is 103 Å². The Hall–Kier alpha value is -2.81. The van der Waals surface area contributed by atoms with Crippen molar-refractivity contribution in [1.82, 2.24) is 14.5 Å². The van der Waals surface area contributed by atoms with Crippen molar-refractivity contribution in [3.63, 3.8) is 0 Å². The molecule has 0 aliphatic heterocycles. The number of fused-ring (bicyclic) bond motifs is 1. The van der Waals surface area contributed by atoms with Gasteiger partial charge in [-0.05, 0) is 6.07 Å². The van der Waals surface area contributed by atoms with Gasteiger partial charge in [-0.25, -0.2) is 9.97 Å². The number of nitrogens with zero attached hydrogens (tertiary/aromatic N) is 4. The second kappa shape index (κ2) is 4.94. The summed E-state index contributed by atoms with van der Waals surface area (Å²) in [5.41, 5.74) is 0.592. The predicted octanol–water partition coefficient (Wildman–Crippen LogP) is 2.19. The van der Waals surface area contributed by atoms with Gasteiger partial charge in [0.25, 0.3) is 11.6 Å². The Balaban J connectivity index is 1.89. The Kier molecular flexibility index (Phi) is 3.10. The summed E-state index contributed by atoms with van der Waals surface area (Å²) in [5, 5.41) is 13.7. The molecule has 0 fully saturated rings. The van der Waals surface area contributed by atoms with Crippen LogP contribution < -0.4 is 5.32 Å². The number of imidazole rings is 1. The minimum atomic E-state index is -0.467. The lowest BCUT2D eigenvalue weighted by atomic mass is 10.3. The highest BCUT2D eigenvalue weighted by atomic mass is 32.1. The van der Waals surface area contributed by atoms with Crippen LogP contribution in [-0.2, 0) is 7.05 Å². The number of rotatable bonds is 3. The van der Waals surface area contributed by atoms with E-state index in [1.165, 1.54) is 29.7 Å². The number of carbonyl (C=O) groups excluding carboxylic acids is 1. The normalized spacial score (nSPS) is 10.7. The van der Waals surface area contributed by atoms with Crippen molar-refractivity contribution in [1.29, 1.82) is 0 Å². The van der Waals surface area contributed by atoms with Crippen molar-refractivity contribution < 1.29 is 9.72 Å². The third-order valence-electron chi connectivity index (χ3n) is 2.83. The number of thiazole rings is 1. The summed E-state index contributed by atoms with van der Waals surface area (Å²) in [6.45, 7) is 0. The average Bonchev–Trinajstić information content (AvgIpc) is 3.02. The maximum Gasteiger partial charge on any atom is 0.293 e. The molecular formula is C12H9N5O3S. The number of hydrogen-bond acceptors (Lipinski definition) is 6. The highest BCUT2D eigenvalue weighted by molar-refractivity contribution is 7.22. The van der Waals surface area contributed by atoms with Gasteiger partial charge in [0, 0.05) is 31.6 Å². The van der Waals surface area contributed by atoms with E-state index in [0.29, 0.717) is 15.3 Å². The van der Waals surface area contributed by atoms with Crippen LogP contribution in [0.3, 0.4) is 0 Å². The summed E-state index contributed by atoms with van der Waals surface area (Å²) in [5.74, 6) is -0.115. The van der Waals surface area contributed by atoms with Gasteiger partial charge < -0.3 is 4.57 Å². The van der Waals surface area contributed by atoms with Crippen molar-refractivity contribution in [2.24, 2.45) is 7.05 Å². The van der Waals surface area contributed by atoms with Gasteiger partial charge in [-0.15, -0.1) is 0 Å². The zero-order chi connectivity index (χ0) is 15.0. The van der Waals surface area contributed by atoms with Crippen molar-refractivity contribution >= 4 is 38.3 Å². The third kappa shape index (κ3) is 2.46. The first-order chi connectivity index (χ1) is 10.0. The van der Waals surface area contributed by atoms with Gasteiger partial charge in [-0.2, -0.15) is 0 Å². The number of aromatic nitrogens is 3. The molecule has 0 bridgehead atoms. The number of benzene rings is 1. The second-order valence-corrected chi connectivity index (χ2v) is 5.27. The van der Waals surface area contributed by atoms with Gasteiger partial charge >= 0.3 is 0 Å². The fraction of sp³-hybridized carbons (Fsp3) is 0.0833. The number of aryl methyl sites for hydroxylation is 1. The molecule has 21 heavy (non-hydrogen) atoms. The summed E-state index contributed by atoms with van der Waals surface area (Å²) in [7, 11) is 1.71. The van der Waals surface area contributed by atoms with Crippen LogP contribution in [0.15, 0.2) is 30.6 Å². The molecule has 106 valence electrons. The molecule has 1 aromatic carbocycles. The van der Waals surface area contributed by atoms with E-state index in [4.69, 9.17) is 0 Å². The molecular weight excluding hydrogens is 294 g/mol. The summed E-state index contributed by atoms with van der Waals surface area (Å²) in [4.78, 5) is 30.4. The minimum Gasteiger partial charge on any atom is -0.330 e. The van der Waals surface area contributed by atoms with Crippen LogP contribution >= 0.6 is 11.3 Å². The molecule has 1 amide bonds. The molecule has 0 saturated carbocycles. The Morgan fingerprint density at radius 3 is 2.95 bits per heavy atom. The lowest BCUT2D eigenvalue weighted by molar-refractivity contribution is -0.384. The van der Waals surface area contributed by atoms with Crippen LogP contribution in [-0.4, -0.2) is 25.4 Å². The van der Waals surface area contributed by atoms with Gasteiger partial charge in [0.05, 0.1) is 15.1 Å². The third-order valence-corrected chi connectivity index (χ3v) is 3.76. The summed E-state index contributed by atoms with van der Waals surface area (Å²) in [6, 6.07) is 4.37. The Morgan fingerprint density at radius 2 is 2.29 bits per heavy atom. The first-order valence-electron chi connectivity index (χ1n) is 5.88. The Labute approximate surface area is 122 Å². The number of anilines is 1. The van der Waals surface area contributed by atoms with E-state index in [1.807, 2.05) is 0 Å². The molecule has 0 aliphatic rings. The number of amides is 1. The molecule has 3 rings (SSSR count). The van der Waals surface area contributed by atoms with Crippen LogP contribution in [0.2, 0.25) is 0 Å². The lowest BCUT2D eigenvalue weighted by Gasteiger charge is -2.00. The number of carbonyl (C=O) groups is 1. The molecule has 3 aromatic rings. The highest BCUT2D eigenvalue weighted by Gasteiger charge is 2.15. The zero-order valence-electron chi connectivity index (χ0n) is 10.8. The van der Waals surface area contributed by atoms with Gasteiger partial charge in [0.1, 0.15) is 0 Å². The first-order valence-corrected chi connectivity index (χ1v) is 6.70. The summed E-state index contributed by atoms with van der Waals surface area (Å²) < 4.78 is 2.23.